The van der Waals surface area contributed by atoms with Crippen molar-refractivity contribution in [1.29, 1.82) is 0 Å². The highest BCUT2D eigenvalue weighted by molar-refractivity contribution is 4.99. The summed E-state index contributed by atoms with van der Waals surface area (Å²) in [5, 5.41) is 50.3. The zero-order valence-electron chi connectivity index (χ0n) is 8.13. The molecule has 1 aromatic rings. The van der Waals surface area contributed by atoms with E-state index in [-0.39, 0.29) is 5.82 Å². The van der Waals surface area contributed by atoms with Crippen LogP contribution in [-0.2, 0) is 4.74 Å². The van der Waals surface area contributed by atoms with Gasteiger partial charge in [0.15, 0.2) is 0 Å². The van der Waals surface area contributed by atoms with Gasteiger partial charge in [-0.3, -0.25) is 0 Å². The molecule has 0 radical (unpaired) electrons. The van der Waals surface area contributed by atoms with E-state index in [9.17, 15) is 15.3 Å². The summed E-state index contributed by atoms with van der Waals surface area (Å²) in [7, 11) is 0. The Morgan fingerprint density at radius 1 is 1.19 bits per heavy atom. The van der Waals surface area contributed by atoms with Gasteiger partial charge in [-0.25, -0.2) is 0 Å². The second kappa shape index (κ2) is 4.39. The fourth-order valence-electron chi connectivity index (χ4n) is 1.61. The number of nitrogens with one attached hydrogen (secondary N) is 1. The summed E-state index contributed by atoms with van der Waals surface area (Å²) in [5.41, 5.74) is 0. The van der Waals surface area contributed by atoms with Crippen LogP contribution in [0.1, 0.15) is 11.9 Å². The Hall–Kier alpha value is -1.13. The topological polar surface area (TPSA) is 145 Å². The first-order chi connectivity index (χ1) is 7.65. The highest BCUT2D eigenvalue weighted by atomic mass is 16.5. The van der Waals surface area contributed by atoms with E-state index in [1.165, 1.54) is 0 Å². The van der Waals surface area contributed by atoms with Gasteiger partial charge in [-0.1, -0.05) is 5.21 Å². The molecule has 2 rings (SSSR count). The van der Waals surface area contributed by atoms with Gasteiger partial charge in [-0.05, 0) is 0 Å². The van der Waals surface area contributed by atoms with Crippen molar-refractivity contribution >= 4 is 0 Å². The van der Waals surface area contributed by atoms with Crippen LogP contribution in [-0.4, -0.2) is 72.1 Å². The van der Waals surface area contributed by atoms with Crippen LogP contribution in [0, 0.1) is 0 Å². The molecule has 0 amide bonds. The highest BCUT2D eigenvalue weighted by Crippen LogP contribution is 2.29. The zero-order chi connectivity index (χ0) is 11.7. The third-order valence-electron chi connectivity index (χ3n) is 2.51. The van der Waals surface area contributed by atoms with Crippen molar-refractivity contribution < 1.29 is 25.2 Å². The lowest BCUT2D eigenvalue weighted by atomic mass is 9.95. The van der Waals surface area contributed by atoms with Crippen LogP contribution in [0.15, 0.2) is 0 Å². The van der Waals surface area contributed by atoms with Gasteiger partial charge in [0.2, 0.25) is 5.82 Å². The first-order valence-corrected chi connectivity index (χ1v) is 4.69. The molecule has 9 heteroatoms. The fourth-order valence-corrected chi connectivity index (χ4v) is 1.61. The molecule has 0 unspecified atom stereocenters. The fraction of sp³-hybridized carbons (Fsp3) is 0.857. The number of tetrazole rings is 1. The van der Waals surface area contributed by atoms with Crippen molar-refractivity contribution in [3.8, 4) is 0 Å². The number of nitrogens with zero attached hydrogens (tertiary/aromatic N) is 3. The lowest BCUT2D eigenvalue weighted by Gasteiger charge is -2.38. The van der Waals surface area contributed by atoms with E-state index >= 15 is 0 Å². The van der Waals surface area contributed by atoms with Crippen molar-refractivity contribution in [3.63, 3.8) is 0 Å². The second-order valence-corrected chi connectivity index (χ2v) is 3.52. The maximum absolute atomic E-state index is 9.65. The van der Waals surface area contributed by atoms with E-state index in [1.807, 2.05) is 0 Å². The first kappa shape index (κ1) is 11.4. The van der Waals surface area contributed by atoms with Crippen LogP contribution >= 0.6 is 0 Å². The van der Waals surface area contributed by atoms with Crippen molar-refractivity contribution in [2.24, 2.45) is 0 Å². The van der Waals surface area contributed by atoms with Crippen molar-refractivity contribution in [1.82, 2.24) is 20.6 Å². The van der Waals surface area contributed by atoms with Crippen LogP contribution in [0.3, 0.4) is 0 Å². The predicted molar refractivity (Wildman–Crippen MR) is 46.9 cm³/mol. The molecular formula is C7H12N4O5. The minimum Gasteiger partial charge on any atom is -0.394 e. The van der Waals surface area contributed by atoms with Gasteiger partial charge >= 0.3 is 0 Å². The average Bonchev–Trinajstić information content (AvgIpc) is 2.80. The molecule has 1 saturated heterocycles. The normalized spacial score (nSPS) is 39.9. The Balaban J connectivity index is 2.20. The quantitative estimate of drug-likeness (QED) is 0.357. The first-order valence-electron chi connectivity index (χ1n) is 4.69. The number of H-pyrrole nitrogens is 1. The smallest absolute Gasteiger partial charge is 0.206 e. The Labute approximate surface area is 89.7 Å². The Kier molecular flexibility index (Phi) is 3.12. The molecule has 5 N–H and O–H groups in total. The Morgan fingerprint density at radius 3 is 2.50 bits per heavy atom. The van der Waals surface area contributed by atoms with Gasteiger partial charge in [0, 0.05) is 0 Å². The molecule has 1 aliphatic rings. The summed E-state index contributed by atoms with van der Waals surface area (Å²) in [6.07, 6.45) is -6.20. The molecular weight excluding hydrogens is 220 g/mol. The summed E-state index contributed by atoms with van der Waals surface area (Å²) >= 11 is 0. The molecule has 1 fully saturated rings. The number of rotatable bonds is 2. The monoisotopic (exact) mass is 232 g/mol. The molecule has 1 aliphatic heterocycles. The minimum atomic E-state index is -1.44. The average molecular weight is 232 g/mol. The molecule has 9 nitrogen and oxygen atoms in total. The molecule has 1 aromatic heterocycles. The van der Waals surface area contributed by atoms with Crippen LogP contribution in [0.4, 0.5) is 0 Å². The number of hydrogen-bond donors (Lipinski definition) is 5. The number of aromatic amines is 1. The molecule has 16 heavy (non-hydrogen) atoms. The summed E-state index contributed by atoms with van der Waals surface area (Å²) in [5.74, 6) is 0.0527. The predicted octanol–water partition coefficient (Wildman–Crippen LogP) is -3.29. The van der Waals surface area contributed by atoms with Gasteiger partial charge < -0.3 is 25.2 Å². The Bertz CT molecular complexity index is 332. The standard InChI is InChI=1S/C7H12N4O5/c12-1-2-3(13)4(14)5(15)6(16-2)7-8-10-11-9-7/h2-6,12-15H,1H2,(H,8,9,10,11)/t2-,3-,4+,5-,6-/m1/s1. The number of aliphatic hydroxyl groups excluding tert-OH is 4. The maximum atomic E-state index is 9.65. The number of aliphatic hydroxyl groups is 4. The third kappa shape index (κ3) is 1.79. The molecule has 0 bridgehead atoms. The van der Waals surface area contributed by atoms with Crippen molar-refractivity contribution in [2.75, 3.05) is 6.61 Å². The van der Waals surface area contributed by atoms with E-state index in [2.05, 4.69) is 20.6 Å². The number of aromatic nitrogens is 4. The summed E-state index contributed by atoms with van der Waals surface area (Å²) in [4.78, 5) is 0. The third-order valence-corrected chi connectivity index (χ3v) is 2.51. The largest absolute Gasteiger partial charge is 0.394 e. The summed E-state index contributed by atoms with van der Waals surface area (Å²) < 4.78 is 5.18. The molecule has 0 aliphatic carbocycles. The molecule has 5 atom stereocenters. The summed E-state index contributed by atoms with van der Waals surface area (Å²) in [6.45, 7) is -0.487. The van der Waals surface area contributed by atoms with Crippen molar-refractivity contribution in [2.45, 2.75) is 30.5 Å². The van der Waals surface area contributed by atoms with E-state index in [0.717, 1.165) is 0 Å². The van der Waals surface area contributed by atoms with Gasteiger partial charge in [0.1, 0.15) is 30.5 Å². The highest BCUT2D eigenvalue weighted by Gasteiger charge is 2.45. The molecule has 2 heterocycles. The van der Waals surface area contributed by atoms with E-state index in [1.54, 1.807) is 0 Å². The summed E-state index contributed by atoms with van der Waals surface area (Å²) in [6, 6.07) is 0. The number of ether oxygens (including phenoxy) is 1. The maximum Gasteiger partial charge on any atom is 0.206 e. The molecule has 0 saturated carbocycles. The Morgan fingerprint density at radius 2 is 1.94 bits per heavy atom. The number of hydrogen-bond acceptors (Lipinski definition) is 8. The molecule has 90 valence electrons. The van der Waals surface area contributed by atoms with E-state index in [4.69, 9.17) is 9.84 Å². The van der Waals surface area contributed by atoms with Crippen LogP contribution in [0.2, 0.25) is 0 Å². The van der Waals surface area contributed by atoms with Gasteiger partial charge in [-0.15, -0.1) is 10.2 Å². The SMILES string of the molecule is OC[C@H]1O[C@@H](c2nn[nH]n2)[C@H](O)[C@@H](O)[C@@H]1O. The van der Waals surface area contributed by atoms with Gasteiger partial charge in [0.05, 0.1) is 6.61 Å². The molecule has 0 aromatic carbocycles. The lowest BCUT2D eigenvalue weighted by Crippen LogP contribution is -2.55. The van der Waals surface area contributed by atoms with Crippen LogP contribution in [0.25, 0.3) is 0 Å². The van der Waals surface area contributed by atoms with Crippen molar-refractivity contribution in [3.05, 3.63) is 5.82 Å². The van der Waals surface area contributed by atoms with Gasteiger partial charge in [0.25, 0.3) is 0 Å². The lowest BCUT2D eigenvalue weighted by molar-refractivity contribution is -0.233. The minimum absolute atomic E-state index is 0.0527. The zero-order valence-corrected chi connectivity index (χ0v) is 8.13. The van der Waals surface area contributed by atoms with E-state index < -0.39 is 37.1 Å². The van der Waals surface area contributed by atoms with Crippen LogP contribution < -0.4 is 0 Å². The van der Waals surface area contributed by atoms with E-state index in [0.29, 0.717) is 0 Å². The molecule has 0 spiro atoms. The second-order valence-electron chi connectivity index (χ2n) is 3.52. The van der Waals surface area contributed by atoms with Crippen LogP contribution in [0.5, 0.6) is 0 Å². The van der Waals surface area contributed by atoms with Gasteiger partial charge in [-0.2, -0.15) is 5.21 Å².